The van der Waals surface area contributed by atoms with Gasteiger partial charge in [0.05, 0.1) is 23.7 Å². The molecule has 0 aliphatic rings. The lowest BCUT2D eigenvalue weighted by atomic mass is 10.3. The van der Waals surface area contributed by atoms with Crippen molar-refractivity contribution in [2.45, 2.75) is 18.1 Å². The summed E-state index contributed by atoms with van der Waals surface area (Å²) in [5, 5.41) is 10.00. The molecule has 7 nitrogen and oxygen atoms in total. The maximum absolute atomic E-state index is 12.4. The number of hydrogen-bond acceptors (Lipinski definition) is 6. The van der Waals surface area contributed by atoms with Crippen LogP contribution in [0.5, 0.6) is 0 Å². The minimum Gasteiger partial charge on any atom is -0.348 e. The Labute approximate surface area is 168 Å². The SMILES string of the molecule is CC(NC(=O)CSc1nc2c(cnn2-c2ccccc2)c(=O)[nH]1)c1cccs1. The largest absolute Gasteiger partial charge is 0.348 e. The molecule has 0 spiro atoms. The summed E-state index contributed by atoms with van der Waals surface area (Å²) in [4.78, 5) is 32.9. The van der Waals surface area contributed by atoms with Crippen LogP contribution in [-0.4, -0.2) is 31.4 Å². The molecule has 0 saturated carbocycles. The van der Waals surface area contributed by atoms with Gasteiger partial charge in [0.2, 0.25) is 5.91 Å². The Morgan fingerprint density at radius 1 is 1.29 bits per heavy atom. The summed E-state index contributed by atoms with van der Waals surface area (Å²) in [7, 11) is 0. The van der Waals surface area contributed by atoms with E-state index in [0.717, 1.165) is 10.6 Å². The van der Waals surface area contributed by atoms with Crippen molar-refractivity contribution in [3.05, 3.63) is 69.3 Å². The second-order valence-corrected chi connectivity index (χ2v) is 8.04. The standard InChI is InChI=1S/C19H17N5O2S2/c1-12(15-8-5-9-27-15)21-16(25)11-28-19-22-17-14(18(26)23-19)10-20-24(17)13-6-3-2-4-7-13/h2-10,12H,11H2,1H3,(H,21,25)(H,22,23,26). The zero-order chi connectivity index (χ0) is 19.5. The molecule has 0 radical (unpaired) electrons. The number of rotatable bonds is 6. The molecule has 142 valence electrons. The van der Waals surface area contributed by atoms with E-state index in [1.54, 1.807) is 16.0 Å². The van der Waals surface area contributed by atoms with Crippen LogP contribution in [0.4, 0.5) is 0 Å². The number of nitrogens with one attached hydrogen (secondary N) is 2. The molecule has 0 aliphatic carbocycles. The minimum atomic E-state index is -0.276. The minimum absolute atomic E-state index is 0.0536. The maximum atomic E-state index is 12.4. The van der Waals surface area contributed by atoms with Gasteiger partial charge in [-0.05, 0) is 30.5 Å². The van der Waals surface area contributed by atoms with Gasteiger partial charge < -0.3 is 10.3 Å². The molecular formula is C19H17N5O2S2. The van der Waals surface area contributed by atoms with Crippen molar-refractivity contribution < 1.29 is 4.79 Å². The third-order valence-electron chi connectivity index (χ3n) is 4.10. The number of aromatic amines is 1. The van der Waals surface area contributed by atoms with E-state index in [-0.39, 0.29) is 23.3 Å². The van der Waals surface area contributed by atoms with E-state index in [9.17, 15) is 9.59 Å². The lowest BCUT2D eigenvalue weighted by Gasteiger charge is -2.11. The molecule has 1 atom stereocenters. The van der Waals surface area contributed by atoms with Crippen LogP contribution < -0.4 is 10.9 Å². The van der Waals surface area contributed by atoms with Crippen molar-refractivity contribution in [2.24, 2.45) is 0 Å². The van der Waals surface area contributed by atoms with Gasteiger partial charge in [-0.1, -0.05) is 36.0 Å². The van der Waals surface area contributed by atoms with Crippen LogP contribution in [0, 0.1) is 0 Å². The van der Waals surface area contributed by atoms with Crippen molar-refractivity contribution in [1.29, 1.82) is 0 Å². The average Bonchev–Trinajstić information content (AvgIpc) is 3.37. The van der Waals surface area contributed by atoms with E-state index in [1.165, 1.54) is 18.0 Å². The van der Waals surface area contributed by atoms with E-state index >= 15 is 0 Å². The fraction of sp³-hybridized carbons (Fsp3) is 0.158. The van der Waals surface area contributed by atoms with Crippen molar-refractivity contribution in [3.63, 3.8) is 0 Å². The number of carbonyl (C=O) groups is 1. The Morgan fingerprint density at radius 2 is 2.11 bits per heavy atom. The highest BCUT2D eigenvalue weighted by atomic mass is 32.2. The van der Waals surface area contributed by atoms with Gasteiger partial charge in [-0.25, -0.2) is 9.67 Å². The zero-order valence-electron chi connectivity index (χ0n) is 15.0. The van der Waals surface area contributed by atoms with Crippen LogP contribution in [0.25, 0.3) is 16.7 Å². The van der Waals surface area contributed by atoms with Gasteiger partial charge in [0.1, 0.15) is 5.39 Å². The number of H-pyrrole nitrogens is 1. The van der Waals surface area contributed by atoms with Crippen LogP contribution in [0.1, 0.15) is 17.8 Å². The van der Waals surface area contributed by atoms with E-state index in [2.05, 4.69) is 20.4 Å². The van der Waals surface area contributed by atoms with Crippen molar-refractivity contribution >= 4 is 40.0 Å². The van der Waals surface area contributed by atoms with Gasteiger partial charge in [0, 0.05) is 4.88 Å². The molecular weight excluding hydrogens is 394 g/mol. The molecule has 0 fully saturated rings. The summed E-state index contributed by atoms with van der Waals surface area (Å²) in [6.07, 6.45) is 1.50. The number of fused-ring (bicyclic) bond motifs is 1. The Morgan fingerprint density at radius 3 is 2.86 bits per heavy atom. The predicted molar refractivity (Wildman–Crippen MR) is 111 cm³/mol. The first-order valence-electron chi connectivity index (χ1n) is 8.61. The summed E-state index contributed by atoms with van der Waals surface area (Å²) < 4.78 is 1.62. The van der Waals surface area contributed by atoms with Gasteiger partial charge in [0.15, 0.2) is 10.8 Å². The molecule has 4 aromatic rings. The molecule has 3 heterocycles. The van der Waals surface area contributed by atoms with Crippen molar-refractivity contribution in [1.82, 2.24) is 25.1 Å². The molecule has 28 heavy (non-hydrogen) atoms. The first-order chi connectivity index (χ1) is 13.6. The van der Waals surface area contributed by atoms with Gasteiger partial charge in [-0.15, -0.1) is 11.3 Å². The summed E-state index contributed by atoms with van der Waals surface area (Å²) >= 11 is 2.79. The van der Waals surface area contributed by atoms with Crippen molar-refractivity contribution in [2.75, 3.05) is 5.75 Å². The zero-order valence-corrected chi connectivity index (χ0v) is 16.6. The number of thiophene rings is 1. The molecule has 0 bridgehead atoms. The summed E-state index contributed by atoms with van der Waals surface area (Å²) in [6.45, 7) is 1.94. The maximum Gasteiger partial charge on any atom is 0.262 e. The number of hydrogen-bond donors (Lipinski definition) is 2. The van der Waals surface area contributed by atoms with E-state index in [4.69, 9.17) is 0 Å². The topological polar surface area (TPSA) is 92.7 Å². The number of amides is 1. The number of benzene rings is 1. The van der Waals surface area contributed by atoms with Crippen molar-refractivity contribution in [3.8, 4) is 5.69 Å². The molecule has 1 unspecified atom stereocenters. The molecule has 0 aliphatic heterocycles. The fourth-order valence-corrected chi connectivity index (χ4v) is 4.15. The van der Waals surface area contributed by atoms with Crippen LogP contribution in [0.2, 0.25) is 0 Å². The third kappa shape index (κ3) is 3.85. The average molecular weight is 412 g/mol. The lowest BCUT2D eigenvalue weighted by Crippen LogP contribution is -2.27. The molecule has 9 heteroatoms. The Hall–Kier alpha value is -2.91. The second kappa shape index (κ2) is 7.99. The quantitative estimate of drug-likeness (QED) is 0.376. The summed E-state index contributed by atoms with van der Waals surface area (Å²) in [5.74, 6) is 0.0362. The van der Waals surface area contributed by atoms with Crippen LogP contribution >= 0.6 is 23.1 Å². The highest BCUT2D eigenvalue weighted by Crippen LogP contribution is 2.20. The second-order valence-electron chi connectivity index (χ2n) is 6.09. The highest BCUT2D eigenvalue weighted by Gasteiger charge is 2.14. The Balaban J connectivity index is 1.51. The van der Waals surface area contributed by atoms with E-state index in [1.807, 2.05) is 54.8 Å². The van der Waals surface area contributed by atoms with E-state index < -0.39 is 0 Å². The first-order valence-corrected chi connectivity index (χ1v) is 10.5. The Bertz CT molecular complexity index is 1150. The Kier molecular flexibility index (Phi) is 5.27. The molecule has 1 amide bonds. The third-order valence-corrected chi connectivity index (χ3v) is 6.03. The molecule has 1 aromatic carbocycles. The molecule has 3 aromatic heterocycles. The summed E-state index contributed by atoms with van der Waals surface area (Å²) in [6, 6.07) is 13.4. The number of thioether (sulfide) groups is 1. The van der Waals surface area contributed by atoms with Crippen LogP contribution in [0.3, 0.4) is 0 Å². The first kappa shape index (κ1) is 18.5. The number of para-hydroxylation sites is 1. The molecule has 2 N–H and O–H groups in total. The molecule has 4 rings (SSSR count). The van der Waals surface area contributed by atoms with Gasteiger partial charge in [-0.2, -0.15) is 5.10 Å². The normalized spacial score (nSPS) is 12.2. The monoisotopic (exact) mass is 411 g/mol. The predicted octanol–water partition coefficient (Wildman–Crippen LogP) is 3.14. The number of nitrogens with zero attached hydrogens (tertiary/aromatic N) is 3. The van der Waals surface area contributed by atoms with Gasteiger partial charge in [-0.3, -0.25) is 9.59 Å². The highest BCUT2D eigenvalue weighted by molar-refractivity contribution is 7.99. The van der Waals surface area contributed by atoms with Crippen LogP contribution in [0.15, 0.2) is 64.0 Å². The van der Waals surface area contributed by atoms with Gasteiger partial charge >= 0.3 is 0 Å². The number of aromatic nitrogens is 4. The van der Waals surface area contributed by atoms with Gasteiger partial charge in [0.25, 0.3) is 5.56 Å². The molecule has 0 saturated heterocycles. The van der Waals surface area contributed by atoms with Crippen LogP contribution in [-0.2, 0) is 4.79 Å². The van der Waals surface area contributed by atoms with E-state index in [0.29, 0.717) is 16.2 Å². The lowest BCUT2D eigenvalue weighted by molar-refractivity contribution is -0.119. The fourth-order valence-electron chi connectivity index (χ4n) is 2.75. The summed E-state index contributed by atoms with van der Waals surface area (Å²) in [5.41, 5.74) is 1.00. The smallest absolute Gasteiger partial charge is 0.262 e. The number of carbonyl (C=O) groups excluding carboxylic acids is 1.